The predicted octanol–water partition coefficient (Wildman–Crippen LogP) is 4.38. The van der Waals surface area contributed by atoms with E-state index in [-0.39, 0.29) is 41.8 Å². The number of nitrogens with zero attached hydrogens (tertiary/aromatic N) is 3. The number of H-pyrrole nitrogens is 1. The molecule has 4 rings (SSSR count). The number of carboxylic acid groups (broad SMARTS) is 1. The Labute approximate surface area is 226 Å². The molecular weight excluding hydrogens is 539 g/mol. The fourth-order valence-electron chi connectivity index (χ4n) is 4.79. The Balaban J connectivity index is 1.44. The number of hydrogen-bond donors (Lipinski definition) is 3. The van der Waals surface area contributed by atoms with Gasteiger partial charge >= 0.3 is 17.8 Å². The van der Waals surface area contributed by atoms with Crippen molar-refractivity contribution in [2.24, 2.45) is 5.41 Å². The topological polar surface area (TPSA) is 134 Å². The lowest BCUT2D eigenvalue weighted by Crippen LogP contribution is -2.44. The molecule has 1 aromatic heterocycles. The summed E-state index contributed by atoms with van der Waals surface area (Å²) in [5.41, 5.74) is 2.39. The summed E-state index contributed by atoms with van der Waals surface area (Å²) in [7, 11) is 0. The van der Waals surface area contributed by atoms with Crippen molar-refractivity contribution in [2.75, 3.05) is 18.8 Å². The molecule has 0 radical (unpaired) electrons. The van der Waals surface area contributed by atoms with Crippen LogP contribution in [0.5, 0.6) is 0 Å². The number of likely N-dealkylation sites (tertiary alicyclic amines) is 1. The van der Waals surface area contributed by atoms with Gasteiger partial charge in [-0.25, -0.2) is 9.48 Å². The number of carbonyl (C=O) groups is 2. The Morgan fingerprint density at radius 2 is 1.82 bits per heavy atom. The van der Waals surface area contributed by atoms with Crippen LogP contribution in [0.2, 0.25) is 5.02 Å². The number of aromatic amines is 1. The second-order valence-electron chi connectivity index (χ2n) is 9.96. The predicted molar refractivity (Wildman–Crippen MR) is 138 cm³/mol. The zero-order valence-corrected chi connectivity index (χ0v) is 21.7. The van der Waals surface area contributed by atoms with Crippen LogP contribution in [0.15, 0.2) is 47.3 Å². The van der Waals surface area contributed by atoms with Gasteiger partial charge in [0.2, 0.25) is 5.91 Å². The van der Waals surface area contributed by atoms with Crippen LogP contribution in [0, 0.1) is 5.41 Å². The molecule has 0 aliphatic carbocycles. The van der Waals surface area contributed by atoms with Crippen LogP contribution < -0.4 is 11.4 Å². The van der Waals surface area contributed by atoms with Crippen molar-refractivity contribution < 1.29 is 27.9 Å². The van der Waals surface area contributed by atoms with Crippen molar-refractivity contribution in [1.82, 2.24) is 19.7 Å². The quantitative estimate of drug-likeness (QED) is 0.364. The molecule has 9 nitrogen and oxygen atoms in total. The van der Waals surface area contributed by atoms with E-state index in [0.717, 1.165) is 11.6 Å². The van der Waals surface area contributed by atoms with E-state index >= 15 is 0 Å². The highest BCUT2D eigenvalue weighted by molar-refractivity contribution is 6.33. The minimum absolute atomic E-state index is 0.00469. The molecular formula is C26H27ClF3N5O4. The number of hydrogen-bond acceptors (Lipinski definition) is 5. The summed E-state index contributed by atoms with van der Waals surface area (Å²) in [5.74, 6) is -1.34. The summed E-state index contributed by atoms with van der Waals surface area (Å²) in [4.78, 5) is 42.0. The lowest BCUT2D eigenvalue weighted by Gasteiger charge is -2.34. The second kappa shape index (κ2) is 10.8. The molecule has 13 heteroatoms. The van der Waals surface area contributed by atoms with E-state index in [1.165, 1.54) is 22.6 Å². The van der Waals surface area contributed by atoms with Gasteiger partial charge in [0.05, 0.1) is 27.7 Å². The summed E-state index contributed by atoms with van der Waals surface area (Å²) in [6, 6.07) is 10.9. The SMILES string of the molecule is CC(CC(=O)N1CCC(n2nc(-c3ccccc3)[nH]c2=O)CC1)(Cc1cc(Cl)c(N)c(C(F)(F)F)c1)C(=O)O. The Kier molecular flexibility index (Phi) is 7.78. The highest BCUT2D eigenvalue weighted by Crippen LogP contribution is 2.39. The standard InChI is InChI=1S/C26H27ClF3N5O4/c1-25(23(37)38,13-15-11-18(26(28,29)30)21(31)19(27)12-15)14-20(36)34-9-7-17(8-10-34)35-24(39)32-22(33-35)16-5-3-2-4-6-16/h2-6,11-12,17H,7-10,13-14,31H2,1H3,(H,37,38)(H,32,33,39). The average molecular weight is 566 g/mol. The van der Waals surface area contributed by atoms with Crippen LogP contribution in [0.1, 0.15) is 43.4 Å². The number of amides is 1. The molecule has 39 heavy (non-hydrogen) atoms. The van der Waals surface area contributed by atoms with E-state index in [9.17, 15) is 32.7 Å². The van der Waals surface area contributed by atoms with E-state index in [1.807, 2.05) is 30.3 Å². The van der Waals surface area contributed by atoms with Crippen molar-refractivity contribution in [3.8, 4) is 11.4 Å². The van der Waals surface area contributed by atoms with Gasteiger partial charge in [-0.15, -0.1) is 5.10 Å². The molecule has 4 N–H and O–H groups in total. The fraction of sp³-hybridized carbons (Fsp3) is 0.385. The molecule has 1 fully saturated rings. The van der Waals surface area contributed by atoms with E-state index in [2.05, 4.69) is 10.1 Å². The number of nitrogen functional groups attached to an aromatic ring is 1. The van der Waals surface area contributed by atoms with Crippen molar-refractivity contribution in [1.29, 1.82) is 0 Å². The van der Waals surface area contributed by atoms with Gasteiger partial charge < -0.3 is 15.7 Å². The first-order chi connectivity index (χ1) is 18.3. The first kappa shape index (κ1) is 28.2. The summed E-state index contributed by atoms with van der Waals surface area (Å²) in [6.07, 6.45) is -4.72. The first-order valence-corrected chi connectivity index (χ1v) is 12.6. The maximum Gasteiger partial charge on any atom is 0.418 e. The lowest BCUT2D eigenvalue weighted by molar-refractivity contribution is -0.153. The largest absolute Gasteiger partial charge is 0.481 e. The van der Waals surface area contributed by atoms with Crippen LogP contribution in [-0.4, -0.2) is 49.7 Å². The van der Waals surface area contributed by atoms with Gasteiger partial charge in [-0.1, -0.05) is 41.9 Å². The maximum atomic E-state index is 13.4. The molecule has 2 aromatic carbocycles. The van der Waals surface area contributed by atoms with Crippen molar-refractivity contribution in [3.63, 3.8) is 0 Å². The molecule has 1 aliphatic heterocycles. The Hall–Kier alpha value is -3.80. The van der Waals surface area contributed by atoms with Crippen molar-refractivity contribution in [2.45, 2.75) is 44.8 Å². The molecule has 1 aliphatic rings. The van der Waals surface area contributed by atoms with Crippen molar-refractivity contribution >= 4 is 29.2 Å². The number of nitrogens with one attached hydrogen (secondary N) is 1. The molecule has 3 aromatic rings. The third-order valence-electron chi connectivity index (χ3n) is 7.00. The highest BCUT2D eigenvalue weighted by atomic mass is 35.5. The van der Waals surface area contributed by atoms with Crippen LogP contribution in [0.4, 0.5) is 18.9 Å². The molecule has 0 bridgehead atoms. The highest BCUT2D eigenvalue weighted by Gasteiger charge is 2.40. The van der Waals surface area contributed by atoms with Crippen molar-refractivity contribution in [3.05, 3.63) is 69.1 Å². The van der Waals surface area contributed by atoms with Gasteiger partial charge in [0.15, 0.2) is 5.82 Å². The molecule has 1 amide bonds. The van der Waals surface area contributed by atoms with Crippen LogP contribution >= 0.6 is 11.6 Å². The number of piperidine rings is 1. The smallest absolute Gasteiger partial charge is 0.418 e. The van der Waals surface area contributed by atoms with Gasteiger partial charge in [0.1, 0.15) is 0 Å². The molecule has 1 unspecified atom stereocenters. The number of alkyl halides is 3. The Morgan fingerprint density at radius 1 is 1.18 bits per heavy atom. The van der Waals surface area contributed by atoms with E-state index in [1.54, 1.807) is 0 Å². The van der Waals surface area contributed by atoms with Gasteiger partial charge in [0.25, 0.3) is 0 Å². The summed E-state index contributed by atoms with van der Waals surface area (Å²) >= 11 is 5.89. The van der Waals surface area contributed by atoms with Crippen LogP contribution in [0.25, 0.3) is 11.4 Å². The fourth-order valence-corrected chi connectivity index (χ4v) is 5.03. The van der Waals surface area contributed by atoms with E-state index in [0.29, 0.717) is 18.7 Å². The van der Waals surface area contributed by atoms with E-state index in [4.69, 9.17) is 17.3 Å². The third-order valence-corrected chi connectivity index (χ3v) is 7.31. The van der Waals surface area contributed by atoms with Gasteiger partial charge in [0, 0.05) is 25.1 Å². The minimum Gasteiger partial charge on any atom is -0.481 e. The number of carboxylic acids is 1. The molecule has 2 heterocycles. The average Bonchev–Trinajstić information content (AvgIpc) is 3.27. The third kappa shape index (κ3) is 6.11. The summed E-state index contributed by atoms with van der Waals surface area (Å²) < 4.78 is 41.5. The van der Waals surface area contributed by atoms with E-state index < -0.39 is 41.1 Å². The molecule has 0 spiro atoms. The number of anilines is 1. The number of nitrogens with two attached hydrogens (primary N) is 1. The number of rotatable bonds is 7. The van der Waals surface area contributed by atoms with Crippen LogP contribution in [-0.2, 0) is 22.2 Å². The Morgan fingerprint density at radius 3 is 2.41 bits per heavy atom. The molecule has 208 valence electrons. The summed E-state index contributed by atoms with van der Waals surface area (Å²) in [6.45, 7) is 1.85. The second-order valence-corrected chi connectivity index (χ2v) is 10.4. The number of aliphatic carboxylic acids is 1. The number of benzene rings is 2. The lowest BCUT2D eigenvalue weighted by atomic mass is 9.79. The van der Waals surface area contributed by atoms with Gasteiger partial charge in [-0.05, 0) is 43.9 Å². The van der Waals surface area contributed by atoms with Gasteiger partial charge in [-0.2, -0.15) is 13.2 Å². The normalized spacial score (nSPS) is 16.2. The molecule has 1 saturated heterocycles. The number of carbonyl (C=O) groups excluding carboxylic acids is 1. The van der Waals surface area contributed by atoms with Crippen LogP contribution in [0.3, 0.4) is 0 Å². The minimum atomic E-state index is -4.78. The Bertz CT molecular complexity index is 1430. The zero-order valence-electron chi connectivity index (χ0n) is 21.0. The molecule has 1 atom stereocenters. The monoisotopic (exact) mass is 565 g/mol. The van der Waals surface area contributed by atoms with Gasteiger partial charge in [-0.3, -0.25) is 14.6 Å². The zero-order chi connectivity index (χ0) is 28.5. The first-order valence-electron chi connectivity index (χ1n) is 12.2. The summed E-state index contributed by atoms with van der Waals surface area (Å²) in [5, 5.41) is 14.0. The molecule has 0 saturated carbocycles. The maximum absolute atomic E-state index is 13.4. The number of aromatic nitrogens is 3. The number of halogens is 4.